The smallest absolute Gasteiger partial charge is 0.339 e. The Morgan fingerprint density at radius 1 is 0.818 bits per heavy atom. The van der Waals surface area contributed by atoms with Crippen LogP contribution in [0.3, 0.4) is 0 Å². The van der Waals surface area contributed by atoms with Crippen molar-refractivity contribution >= 4 is 10.1 Å². The molecule has 5 heteroatoms. The predicted molar refractivity (Wildman–Crippen MR) is 86.2 cm³/mol. The van der Waals surface area contributed by atoms with E-state index in [1.807, 2.05) is 32.9 Å². The number of hydrogen-bond acceptors (Lipinski definition) is 4. The molecule has 0 aliphatic rings. The molecule has 0 bridgehead atoms. The highest BCUT2D eigenvalue weighted by Crippen LogP contribution is 2.29. The molecule has 0 aliphatic carbocycles. The second kappa shape index (κ2) is 6.01. The largest absolute Gasteiger partial charge is 0.496 e. The summed E-state index contributed by atoms with van der Waals surface area (Å²) in [6, 6.07) is 8.74. The van der Waals surface area contributed by atoms with E-state index in [4.69, 9.17) is 8.92 Å². The maximum Gasteiger partial charge on any atom is 0.339 e. The molecule has 0 heterocycles. The van der Waals surface area contributed by atoms with Gasteiger partial charge in [-0.05, 0) is 56.0 Å². The van der Waals surface area contributed by atoms with Gasteiger partial charge in [-0.1, -0.05) is 18.2 Å². The molecule has 2 aromatic rings. The van der Waals surface area contributed by atoms with Crippen LogP contribution in [0.5, 0.6) is 11.5 Å². The SMILES string of the molecule is COc1cc(S(=O)(=O)Oc2cc(C)ccc2C)c(C)cc1C. The summed E-state index contributed by atoms with van der Waals surface area (Å²) in [5.41, 5.74) is 3.22. The van der Waals surface area contributed by atoms with E-state index in [9.17, 15) is 8.42 Å². The Kier molecular flexibility index (Phi) is 4.47. The van der Waals surface area contributed by atoms with Gasteiger partial charge in [0.25, 0.3) is 0 Å². The van der Waals surface area contributed by atoms with Gasteiger partial charge in [0.2, 0.25) is 0 Å². The van der Waals surface area contributed by atoms with Gasteiger partial charge in [-0.25, -0.2) is 0 Å². The van der Waals surface area contributed by atoms with Crippen LogP contribution in [0.25, 0.3) is 0 Å². The van der Waals surface area contributed by atoms with E-state index < -0.39 is 10.1 Å². The number of aryl methyl sites for hydroxylation is 4. The Morgan fingerprint density at radius 3 is 2.14 bits per heavy atom. The minimum absolute atomic E-state index is 0.121. The average molecular weight is 320 g/mol. The summed E-state index contributed by atoms with van der Waals surface area (Å²) < 4.78 is 35.7. The van der Waals surface area contributed by atoms with Crippen LogP contribution in [0.2, 0.25) is 0 Å². The van der Waals surface area contributed by atoms with Crippen molar-refractivity contribution in [2.24, 2.45) is 0 Å². The van der Waals surface area contributed by atoms with Crippen LogP contribution < -0.4 is 8.92 Å². The van der Waals surface area contributed by atoms with Crippen LogP contribution in [0.4, 0.5) is 0 Å². The van der Waals surface area contributed by atoms with Crippen LogP contribution >= 0.6 is 0 Å². The Bertz CT molecular complexity index is 808. The fourth-order valence-electron chi connectivity index (χ4n) is 2.26. The zero-order valence-electron chi connectivity index (χ0n) is 13.4. The molecule has 0 radical (unpaired) electrons. The van der Waals surface area contributed by atoms with Crippen LogP contribution in [0, 0.1) is 27.7 Å². The van der Waals surface area contributed by atoms with E-state index >= 15 is 0 Å². The van der Waals surface area contributed by atoms with Gasteiger partial charge in [0.05, 0.1) is 7.11 Å². The molecule has 0 unspecified atom stereocenters. The van der Waals surface area contributed by atoms with E-state index in [2.05, 4.69) is 0 Å². The zero-order valence-corrected chi connectivity index (χ0v) is 14.2. The first kappa shape index (κ1) is 16.4. The fraction of sp³-hybridized carbons (Fsp3) is 0.294. The van der Waals surface area contributed by atoms with Crippen LogP contribution in [-0.2, 0) is 10.1 Å². The first-order valence-electron chi connectivity index (χ1n) is 6.91. The van der Waals surface area contributed by atoms with Crippen molar-refractivity contribution in [3.63, 3.8) is 0 Å². The van der Waals surface area contributed by atoms with Gasteiger partial charge in [-0.2, -0.15) is 8.42 Å². The highest BCUT2D eigenvalue weighted by molar-refractivity contribution is 7.87. The van der Waals surface area contributed by atoms with E-state index in [1.54, 1.807) is 19.1 Å². The summed E-state index contributed by atoms with van der Waals surface area (Å²) in [4.78, 5) is 0.121. The molecule has 0 fully saturated rings. The van der Waals surface area contributed by atoms with Gasteiger partial charge in [0.15, 0.2) is 0 Å². The van der Waals surface area contributed by atoms with Gasteiger partial charge >= 0.3 is 10.1 Å². The molecule has 2 rings (SSSR count). The summed E-state index contributed by atoms with van der Waals surface area (Å²) in [7, 11) is -2.40. The number of methoxy groups -OCH3 is 1. The molecule has 0 atom stereocenters. The Balaban J connectivity index is 2.49. The fourth-order valence-corrected chi connectivity index (χ4v) is 3.47. The highest BCUT2D eigenvalue weighted by Gasteiger charge is 2.22. The van der Waals surface area contributed by atoms with E-state index in [0.717, 1.165) is 16.7 Å². The van der Waals surface area contributed by atoms with Gasteiger partial charge < -0.3 is 8.92 Å². The van der Waals surface area contributed by atoms with Gasteiger partial charge in [0.1, 0.15) is 16.4 Å². The molecule has 2 aromatic carbocycles. The van der Waals surface area contributed by atoms with Crippen molar-refractivity contribution in [3.05, 3.63) is 52.6 Å². The second-order valence-corrected chi connectivity index (χ2v) is 6.91. The quantitative estimate of drug-likeness (QED) is 0.806. The predicted octanol–water partition coefficient (Wildman–Crippen LogP) is 3.70. The van der Waals surface area contributed by atoms with Gasteiger partial charge in [-0.3, -0.25) is 0 Å². The minimum atomic E-state index is -3.91. The van der Waals surface area contributed by atoms with Crippen LogP contribution in [-0.4, -0.2) is 15.5 Å². The minimum Gasteiger partial charge on any atom is -0.496 e. The molecule has 0 aliphatic heterocycles. The molecule has 4 nitrogen and oxygen atoms in total. The Hall–Kier alpha value is -2.01. The van der Waals surface area contributed by atoms with Crippen molar-refractivity contribution in [2.75, 3.05) is 7.11 Å². The summed E-state index contributed by atoms with van der Waals surface area (Å²) in [5, 5.41) is 0. The number of ether oxygens (including phenoxy) is 1. The summed E-state index contributed by atoms with van der Waals surface area (Å²) in [6.45, 7) is 7.31. The van der Waals surface area contributed by atoms with E-state index in [1.165, 1.54) is 13.2 Å². The van der Waals surface area contributed by atoms with Crippen molar-refractivity contribution in [2.45, 2.75) is 32.6 Å². The third-order valence-corrected chi connectivity index (χ3v) is 4.88. The first-order chi connectivity index (χ1) is 10.2. The summed E-state index contributed by atoms with van der Waals surface area (Å²) >= 11 is 0. The zero-order chi connectivity index (χ0) is 16.5. The van der Waals surface area contributed by atoms with Crippen molar-refractivity contribution < 1.29 is 17.3 Å². The molecular weight excluding hydrogens is 300 g/mol. The molecule has 0 N–H and O–H groups in total. The van der Waals surface area contributed by atoms with Gasteiger partial charge in [0, 0.05) is 6.07 Å². The first-order valence-corrected chi connectivity index (χ1v) is 8.32. The second-order valence-electron chi connectivity index (χ2n) is 5.39. The molecule has 0 saturated heterocycles. The number of rotatable bonds is 4. The monoisotopic (exact) mass is 320 g/mol. The molecule has 0 amide bonds. The van der Waals surface area contributed by atoms with Crippen molar-refractivity contribution in [1.82, 2.24) is 0 Å². The van der Waals surface area contributed by atoms with E-state index in [0.29, 0.717) is 17.1 Å². The number of benzene rings is 2. The third-order valence-electron chi connectivity index (χ3n) is 3.50. The van der Waals surface area contributed by atoms with Crippen LogP contribution in [0.15, 0.2) is 35.2 Å². The highest BCUT2D eigenvalue weighted by atomic mass is 32.2. The lowest BCUT2D eigenvalue weighted by Gasteiger charge is -2.14. The van der Waals surface area contributed by atoms with Gasteiger partial charge in [-0.15, -0.1) is 0 Å². The third kappa shape index (κ3) is 3.25. The lowest BCUT2D eigenvalue weighted by molar-refractivity contribution is 0.409. The van der Waals surface area contributed by atoms with Crippen LogP contribution in [0.1, 0.15) is 22.3 Å². The summed E-state index contributed by atoms with van der Waals surface area (Å²) in [5.74, 6) is 0.868. The topological polar surface area (TPSA) is 52.6 Å². The lowest BCUT2D eigenvalue weighted by Crippen LogP contribution is -2.12. The molecular formula is C17H20O4S. The van der Waals surface area contributed by atoms with Crippen molar-refractivity contribution in [1.29, 1.82) is 0 Å². The average Bonchev–Trinajstić information content (AvgIpc) is 2.42. The molecule has 118 valence electrons. The maximum atomic E-state index is 12.6. The molecule has 22 heavy (non-hydrogen) atoms. The molecule has 0 aromatic heterocycles. The van der Waals surface area contributed by atoms with Crippen molar-refractivity contribution in [3.8, 4) is 11.5 Å². The normalized spacial score (nSPS) is 11.3. The molecule has 0 saturated carbocycles. The Labute approximate surface area is 131 Å². The maximum absolute atomic E-state index is 12.6. The molecule has 0 spiro atoms. The number of hydrogen-bond donors (Lipinski definition) is 0. The summed E-state index contributed by atoms with van der Waals surface area (Å²) in [6.07, 6.45) is 0. The Morgan fingerprint density at radius 2 is 1.50 bits per heavy atom. The lowest BCUT2D eigenvalue weighted by atomic mass is 10.1. The van der Waals surface area contributed by atoms with E-state index in [-0.39, 0.29) is 4.90 Å². The standard InChI is InChI=1S/C17H20O4S/c1-11-6-7-12(2)16(8-11)21-22(18,19)17-10-15(20-5)13(3)9-14(17)4/h6-10H,1-5H3.